The number of pyridine rings is 1. The normalized spacial score (nSPS) is 16.1. The fourth-order valence-electron chi connectivity index (χ4n) is 2.90. The van der Waals surface area contributed by atoms with Crippen LogP contribution in [0.2, 0.25) is 0 Å². The first-order valence-corrected chi connectivity index (χ1v) is 8.88. The number of hydrogen-bond acceptors (Lipinski definition) is 3. The lowest BCUT2D eigenvalue weighted by Crippen LogP contribution is -2.06. The van der Waals surface area contributed by atoms with Crippen LogP contribution >= 0.6 is 11.8 Å². The minimum atomic E-state index is 0.888. The molecule has 1 fully saturated rings. The van der Waals surface area contributed by atoms with E-state index in [0.29, 0.717) is 0 Å². The Morgan fingerprint density at radius 3 is 2.76 bits per heavy atom. The molecule has 1 saturated carbocycles. The summed E-state index contributed by atoms with van der Waals surface area (Å²) in [4.78, 5) is 14.9. The maximum atomic E-state index is 4.40. The second-order valence-electron chi connectivity index (χ2n) is 5.58. The van der Waals surface area contributed by atoms with Gasteiger partial charge in [-0.15, -0.1) is 0 Å². The molecule has 21 heavy (non-hydrogen) atoms. The number of imidazole rings is 1. The van der Waals surface area contributed by atoms with Gasteiger partial charge in [-0.05, 0) is 32.1 Å². The summed E-state index contributed by atoms with van der Waals surface area (Å²) < 4.78 is 0. The van der Waals surface area contributed by atoms with Gasteiger partial charge in [0, 0.05) is 16.8 Å². The van der Waals surface area contributed by atoms with Crippen LogP contribution in [0.4, 0.5) is 0 Å². The molecule has 1 aliphatic rings. The molecular weight excluding hydrogens is 280 g/mol. The Kier molecular flexibility index (Phi) is 4.48. The fraction of sp³-hybridized carbons (Fsp3) is 0.500. The first-order chi connectivity index (χ1) is 10.3. The largest absolute Gasteiger partial charge is 0.346 e. The molecule has 2 N–H and O–H groups in total. The molecule has 0 unspecified atom stereocenters. The standard InChI is InChI=1S/C9H8N4.C7H14S/c1-5-12-7-4-11-9-6(2-3-10-9)8(7)13-5;1-8-7-5-3-2-4-6-7/h2-4H,1H3,(H,10,11)(H,12,13);7H,2-6H2,1H3. The van der Waals surface area contributed by atoms with Gasteiger partial charge in [-0.1, -0.05) is 19.3 Å². The average molecular weight is 302 g/mol. The van der Waals surface area contributed by atoms with E-state index in [2.05, 4.69) is 26.2 Å². The van der Waals surface area contributed by atoms with Gasteiger partial charge in [0.2, 0.25) is 0 Å². The average Bonchev–Trinajstić information content (AvgIpc) is 3.13. The third-order valence-corrected chi connectivity index (χ3v) is 5.18. The Hall–Kier alpha value is -1.49. The number of hydrogen-bond donors (Lipinski definition) is 2. The predicted molar refractivity (Wildman–Crippen MR) is 90.9 cm³/mol. The van der Waals surface area contributed by atoms with E-state index >= 15 is 0 Å². The first-order valence-electron chi connectivity index (χ1n) is 7.59. The second-order valence-corrected chi connectivity index (χ2v) is 6.72. The SMILES string of the molecule is CSC1CCCCC1.Cc1nc2c(cnc3[nH]ccc32)[nH]1. The zero-order valence-electron chi connectivity index (χ0n) is 12.6. The highest BCUT2D eigenvalue weighted by molar-refractivity contribution is 7.99. The smallest absolute Gasteiger partial charge is 0.139 e. The molecule has 0 radical (unpaired) electrons. The van der Waals surface area contributed by atoms with Gasteiger partial charge >= 0.3 is 0 Å². The van der Waals surface area contributed by atoms with Crippen molar-refractivity contribution in [3.05, 3.63) is 24.3 Å². The van der Waals surface area contributed by atoms with Crippen LogP contribution in [0.15, 0.2) is 18.5 Å². The van der Waals surface area contributed by atoms with E-state index < -0.39 is 0 Å². The van der Waals surface area contributed by atoms with E-state index in [0.717, 1.165) is 33.1 Å². The summed E-state index contributed by atoms with van der Waals surface area (Å²) in [6.45, 7) is 1.94. The number of thioether (sulfide) groups is 1. The molecule has 5 heteroatoms. The van der Waals surface area contributed by atoms with Gasteiger partial charge in [-0.3, -0.25) is 0 Å². The summed E-state index contributed by atoms with van der Waals surface area (Å²) in [7, 11) is 0. The van der Waals surface area contributed by atoms with Crippen LogP contribution < -0.4 is 0 Å². The number of rotatable bonds is 1. The van der Waals surface area contributed by atoms with Crippen LogP contribution in [0.5, 0.6) is 0 Å². The quantitative estimate of drug-likeness (QED) is 0.699. The van der Waals surface area contributed by atoms with Crippen molar-refractivity contribution in [2.24, 2.45) is 0 Å². The van der Waals surface area contributed by atoms with Gasteiger partial charge in [-0.25, -0.2) is 9.97 Å². The second kappa shape index (κ2) is 6.52. The first kappa shape index (κ1) is 14.4. The van der Waals surface area contributed by atoms with E-state index in [-0.39, 0.29) is 0 Å². The molecule has 3 aromatic heterocycles. The third kappa shape index (κ3) is 3.23. The van der Waals surface area contributed by atoms with Gasteiger partial charge in [0.1, 0.15) is 17.0 Å². The van der Waals surface area contributed by atoms with Crippen molar-refractivity contribution in [1.82, 2.24) is 19.9 Å². The highest BCUT2D eigenvalue weighted by Gasteiger charge is 2.10. The predicted octanol–water partition coefficient (Wildman–Crippen LogP) is 4.43. The van der Waals surface area contributed by atoms with Crippen molar-refractivity contribution in [2.45, 2.75) is 44.3 Å². The number of aryl methyl sites for hydroxylation is 1. The lowest BCUT2D eigenvalue weighted by molar-refractivity contribution is 0.516. The fourth-order valence-corrected chi connectivity index (χ4v) is 3.70. The minimum Gasteiger partial charge on any atom is -0.346 e. The monoisotopic (exact) mass is 302 g/mol. The summed E-state index contributed by atoms with van der Waals surface area (Å²) in [5.74, 6) is 0.922. The molecule has 3 heterocycles. The molecule has 0 saturated heterocycles. The molecule has 3 aromatic rings. The number of H-pyrrole nitrogens is 2. The van der Waals surface area contributed by atoms with Crippen LogP contribution in [0.25, 0.3) is 22.1 Å². The molecule has 4 nitrogen and oxygen atoms in total. The highest BCUT2D eigenvalue weighted by Crippen LogP contribution is 2.25. The molecule has 4 rings (SSSR count). The Bertz CT molecular complexity index is 709. The molecule has 0 aliphatic heterocycles. The van der Waals surface area contributed by atoms with Crippen molar-refractivity contribution in [1.29, 1.82) is 0 Å². The van der Waals surface area contributed by atoms with Crippen molar-refractivity contribution in [2.75, 3.05) is 6.26 Å². The van der Waals surface area contributed by atoms with Crippen LogP contribution in [-0.2, 0) is 0 Å². The minimum absolute atomic E-state index is 0.888. The zero-order valence-corrected chi connectivity index (χ0v) is 13.5. The molecule has 112 valence electrons. The number of aromatic amines is 2. The van der Waals surface area contributed by atoms with Crippen LogP contribution in [-0.4, -0.2) is 31.4 Å². The van der Waals surface area contributed by atoms with E-state index in [1.165, 1.54) is 32.1 Å². The Balaban J connectivity index is 0.000000143. The summed E-state index contributed by atoms with van der Waals surface area (Å²) in [5.41, 5.74) is 2.87. The van der Waals surface area contributed by atoms with Gasteiger partial charge in [0.15, 0.2) is 0 Å². The number of fused-ring (bicyclic) bond motifs is 3. The molecular formula is C16H22N4S. The van der Waals surface area contributed by atoms with Crippen LogP contribution in [0.3, 0.4) is 0 Å². The summed E-state index contributed by atoms with van der Waals surface area (Å²) >= 11 is 2.05. The topological polar surface area (TPSA) is 57.4 Å². The van der Waals surface area contributed by atoms with Gasteiger partial charge in [-0.2, -0.15) is 11.8 Å². The summed E-state index contributed by atoms with van der Waals surface area (Å²) in [6.07, 6.45) is 13.3. The molecule has 0 bridgehead atoms. The van der Waals surface area contributed by atoms with Crippen molar-refractivity contribution in [3.8, 4) is 0 Å². The lowest BCUT2D eigenvalue weighted by atomic mass is 10.0. The van der Waals surface area contributed by atoms with Gasteiger partial charge in [0.05, 0.1) is 11.7 Å². The van der Waals surface area contributed by atoms with Crippen LogP contribution in [0.1, 0.15) is 37.9 Å². The van der Waals surface area contributed by atoms with E-state index in [1.54, 1.807) is 6.20 Å². The molecule has 0 spiro atoms. The maximum absolute atomic E-state index is 4.40. The number of nitrogens with zero attached hydrogens (tertiary/aromatic N) is 2. The van der Waals surface area contributed by atoms with Gasteiger partial charge in [0.25, 0.3) is 0 Å². The van der Waals surface area contributed by atoms with E-state index in [1.807, 2.05) is 30.9 Å². The van der Waals surface area contributed by atoms with Crippen molar-refractivity contribution in [3.63, 3.8) is 0 Å². The zero-order chi connectivity index (χ0) is 14.7. The van der Waals surface area contributed by atoms with E-state index in [4.69, 9.17) is 0 Å². The highest BCUT2D eigenvalue weighted by atomic mass is 32.2. The van der Waals surface area contributed by atoms with E-state index in [9.17, 15) is 0 Å². The summed E-state index contributed by atoms with van der Waals surface area (Å²) in [5, 5.41) is 2.07. The maximum Gasteiger partial charge on any atom is 0.139 e. The molecule has 0 amide bonds. The molecule has 0 atom stereocenters. The third-order valence-electron chi connectivity index (χ3n) is 4.04. The number of aromatic nitrogens is 4. The van der Waals surface area contributed by atoms with Crippen molar-refractivity contribution >= 4 is 33.8 Å². The Morgan fingerprint density at radius 1 is 1.24 bits per heavy atom. The Labute approximate surface area is 129 Å². The van der Waals surface area contributed by atoms with Crippen LogP contribution in [0, 0.1) is 6.92 Å². The van der Waals surface area contributed by atoms with Gasteiger partial charge < -0.3 is 9.97 Å². The summed E-state index contributed by atoms with van der Waals surface area (Å²) in [6, 6.07) is 1.99. The van der Waals surface area contributed by atoms with Crippen molar-refractivity contribution < 1.29 is 0 Å². The Morgan fingerprint density at radius 2 is 2.05 bits per heavy atom. The molecule has 0 aromatic carbocycles. The molecule has 1 aliphatic carbocycles. The lowest BCUT2D eigenvalue weighted by Gasteiger charge is -2.18. The number of nitrogens with one attached hydrogen (secondary N) is 2.